The second-order valence-electron chi connectivity index (χ2n) is 8.73. The van der Waals surface area contributed by atoms with Crippen molar-refractivity contribution in [3.05, 3.63) is 58.7 Å². The minimum Gasteiger partial charge on any atom is -0.352 e. The van der Waals surface area contributed by atoms with Gasteiger partial charge in [-0.1, -0.05) is 49.7 Å². The van der Waals surface area contributed by atoms with Gasteiger partial charge in [0.1, 0.15) is 11.9 Å². The Bertz CT molecular complexity index is 956. The zero-order chi connectivity index (χ0) is 22.0. The van der Waals surface area contributed by atoms with Crippen LogP contribution in [-0.4, -0.2) is 58.8 Å². The molecule has 164 valence electrons. The van der Waals surface area contributed by atoms with E-state index in [-0.39, 0.29) is 17.7 Å². The Morgan fingerprint density at radius 2 is 1.77 bits per heavy atom. The highest BCUT2D eigenvalue weighted by Gasteiger charge is 2.37. The molecule has 7 heteroatoms. The molecule has 1 unspecified atom stereocenters. The van der Waals surface area contributed by atoms with Gasteiger partial charge in [0.05, 0.1) is 5.02 Å². The summed E-state index contributed by atoms with van der Waals surface area (Å²) in [6, 6.07) is 11.3. The van der Waals surface area contributed by atoms with E-state index in [0.717, 1.165) is 16.9 Å². The quantitative estimate of drug-likeness (QED) is 0.731. The van der Waals surface area contributed by atoms with Crippen LogP contribution in [0.4, 0.5) is 5.82 Å². The SMILES string of the molecule is CC(C)CC(=O)N1Cc2ccccc2CC1C(=O)N1CCN(c2ncccc2Cl)CC1. The van der Waals surface area contributed by atoms with E-state index < -0.39 is 6.04 Å². The second kappa shape index (κ2) is 9.27. The van der Waals surface area contributed by atoms with Crippen molar-refractivity contribution in [2.45, 2.75) is 39.3 Å². The minimum atomic E-state index is -0.439. The molecule has 0 radical (unpaired) electrons. The van der Waals surface area contributed by atoms with Gasteiger partial charge in [0.25, 0.3) is 0 Å². The molecule has 1 aromatic carbocycles. The molecule has 31 heavy (non-hydrogen) atoms. The third-order valence-corrected chi connectivity index (χ3v) is 6.36. The first-order valence-corrected chi connectivity index (χ1v) is 11.3. The molecule has 0 saturated carbocycles. The molecule has 1 aromatic heterocycles. The van der Waals surface area contributed by atoms with Crippen LogP contribution < -0.4 is 4.90 Å². The lowest BCUT2D eigenvalue weighted by Crippen LogP contribution is -2.57. The number of pyridine rings is 1. The molecule has 3 heterocycles. The Labute approximate surface area is 188 Å². The Morgan fingerprint density at radius 1 is 1.06 bits per heavy atom. The minimum absolute atomic E-state index is 0.0402. The molecule has 1 saturated heterocycles. The van der Waals surface area contributed by atoms with Crippen molar-refractivity contribution >= 4 is 29.2 Å². The van der Waals surface area contributed by atoms with E-state index in [9.17, 15) is 9.59 Å². The summed E-state index contributed by atoms with van der Waals surface area (Å²) in [5.41, 5.74) is 2.30. The van der Waals surface area contributed by atoms with E-state index >= 15 is 0 Å². The zero-order valence-electron chi connectivity index (χ0n) is 18.1. The number of nitrogens with zero attached hydrogens (tertiary/aromatic N) is 4. The van der Waals surface area contributed by atoms with Crippen molar-refractivity contribution in [2.75, 3.05) is 31.1 Å². The van der Waals surface area contributed by atoms with Crippen LogP contribution in [0.3, 0.4) is 0 Å². The molecule has 0 aliphatic carbocycles. The third kappa shape index (κ3) is 4.69. The van der Waals surface area contributed by atoms with Crippen molar-refractivity contribution in [3.63, 3.8) is 0 Å². The van der Waals surface area contributed by atoms with Gasteiger partial charge in [0.2, 0.25) is 11.8 Å². The Balaban J connectivity index is 1.49. The van der Waals surface area contributed by atoms with Crippen molar-refractivity contribution in [2.24, 2.45) is 5.92 Å². The van der Waals surface area contributed by atoms with Crippen LogP contribution in [0.15, 0.2) is 42.6 Å². The van der Waals surface area contributed by atoms with Crippen LogP contribution in [0.5, 0.6) is 0 Å². The van der Waals surface area contributed by atoms with Crippen LogP contribution >= 0.6 is 11.6 Å². The topological polar surface area (TPSA) is 56.8 Å². The van der Waals surface area contributed by atoms with Gasteiger partial charge in [-0.05, 0) is 29.2 Å². The molecule has 0 N–H and O–H groups in total. The smallest absolute Gasteiger partial charge is 0.245 e. The number of piperazine rings is 1. The van der Waals surface area contributed by atoms with E-state index in [2.05, 4.69) is 22.0 Å². The van der Waals surface area contributed by atoms with Gasteiger partial charge in [-0.15, -0.1) is 0 Å². The van der Waals surface area contributed by atoms with Crippen molar-refractivity contribution < 1.29 is 9.59 Å². The highest BCUT2D eigenvalue weighted by atomic mass is 35.5. The lowest BCUT2D eigenvalue weighted by Gasteiger charge is -2.41. The number of carbonyl (C=O) groups excluding carboxylic acids is 2. The molecule has 6 nitrogen and oxygen atoms in total. The lowest BCUT2D eigenvalue weighted by molar-refractivity contribution is -0.147. The van der Waals surface area contributed by atoms with Gasteiger partial charge in [0.15, 0.2) is 0 Å². The van der Waals surface area contributed by atoms with Crippen LogP contribution in [0, 0.1) is 5.92 Å². The number of fused-ring (bicyclic) bond motifs is 1. The Morgan fingerprint density at radius 3 is 2.45 bits per heavy atom. The summed E-state index contributed by atoms with van der Waals surface area (Å²) in [6.45, 7) is 7.11. The van der Waals surface area contributed by atoms with Crippen molar-refractivity contribution in [3.8, 4) is 0 Å². The molecular formula is C24H29ClN4O2. The Hall–Kier alpha value is -2.60. The number of amides is 2. The third-order valence-electron chi connectivity index (χ3n) is 6.07. The molecule has 2 amide bonds. The summed E-state index contributed by atoms with van der Waals surface area (Å²) in [4.78, 5) is 36.8. The van der Waals surface area contributed by atoms with Crippen LogP contribution in [0.2, 0.25) is 5.02 Å². The summed E-state index contributed by atoms with van der Waals surface area (Å²) in [5, 5.41) is 0.622. The van der Waals surface area contributed by atoms with Crippen molar-refractivity contribution in [1.29, 1.82) is 0 Å². The maximum atomic E-state index is 13.5. The number of rotatable bonds is 4. The predicted octanol–water partition coefficient (Wildman–Crippen LogP) is 3.38. The largest absolute Gasteiger partial charge is 0.352 e. The summed E-state index contributed by atoms with van der Waals surface area (Å²) in [7, 11) is 0. The number of anilines is 1. The van der Waals surface area contributed by atoms with Gasteiger partial charge in [-0.25, -0.2) is 4.98 Å². The molecule has 1 atom stereocenters. The fourth-order valence-electron chi connectivity index (χ4n) is 4.43. The summed E-state index contributed by atoms with van der Waals surface area (Å²) in [6.07, 6.45) is 2.76. The van der Waals surface area contributed by atoms with Gasteiger partial charge in [-0.2, -0.15) is 0 Å². The predicted molar refractivity (Wildman–Crippen MR) is 122 cm³/mol. The average Bonchev–Trinajstić information content (AvgIpc) is 2.78. The van der Waals surface area contributed by atoms with Crippen LogP contribution in [-0.2, 0) is 22.6 Å². The fourth-order valence-corrected chi connectivity index (χ4v) is 4.67. The Kier molecular flexibility index (Phi) is 6.46. The maximum Gasteiger partial charge on any atom is 0.245 e. The first-order valence-electron chi connectivity index (χ1n) is 10.9. The number of carbonyl (C=O) groups is 2. The second-order valence-corrected chi connectivity index (χ2v) is 9.14. The molecular weight excluding hydrogens is 412 g/mol. The van der Waals surface area contributed by atoms with E-state index in [0.29, 0.717) is 50.6 Å². The standard InChI is InChI=1S/C24H29ClN4O2/c1-17(2)14-22(30)29-16-19-7-4-3-6-18(19)15-21(29)24(31)28-12-10-27(11-13-28)23-20(25)8-5-9-26-23/h3-9,17,21H,10-16H2,1-2H3. The van der Waals surface area contributed by atoms with E-state index in [4.69, 9.17) is 11.6 Å². The molecule has 1 fully saturated rings. The normalized spacial score (nSPS) is 18.8. The molecule has 2 aliphatic heterocycles. The number of hydrogen-bond acceptors (Lipinski definition) is 4. The first-order chi connectivity index (χ1) is 14.9. The van der Waals surface area contributed by atoms with Gasteiger partial charge < -0.3 is 14.7 Å². The summed E-state index contributed by atoms with van der Waals surface area (Å²) >= 11 is 6.29. The average molecular weight is 441 g/mol. The van der Waals surface area contributed by atoms with E-state index in [1.165, 1.54) is 0 Å². The highest BCUT2D eigenvalue weighted by Crippen LogP contribution is 2.27. The van der Waals surface area contributed by atoms with Gasteiger partial charge in [0, 0.05) is 51.8 Å². The lowest BCUT2D eigenvalue weighted by atomic mass is 9.92. The molecule has 2 aromatic rings. The maximum absolute atomic E-state index is 13.5. The zero-order valence-corrected chi connectivity index (χ0v) is 18.9. The molecule has 0 bridgehead atoms. The van der Waals surface area contributed by atoms with E-state index in [1.54, 1.807) is 11.1 Å². The summed E-state index contributed by atoms with van der Waals surface area (Å²) < 4.78 is 0. The number of hydrogen-bond donors (Lipinski definition) is 0. The first kappa shape index (κ1) is 21.6. The van der Waals surface area contributed by atoms with Crippen LogP contribution in [0.1, 0.15) is 31.4 Å². The van der Waals surface area contributed by atoms with Gasteiger partial charge >= 0.3 is 0 Å². The molecule has 4 rings (SSSR count). The number of benzene rings is 1. The summed E-state index contributed by atoms with van der Waals surface area (Å²) in [5.74, 6) is 1.11. The molecule has 0 spiro atoms. The highest BCUT2D eigenvalue weighted by molar-refractivity contribution is 6.32. The fraction of sp³-hybridized carbons (Fsp3) is 0.458. The van der Waals surface area contributed by atoms with Crippen molar-refractivity contribution in [1.82, 2.24) is 14.8 Å². The van der Waals surface area contributed by atoms with E-state index in [1.807, 2.05) is 43.0 Å². The monoisotopic (exact) mass is 440 g/mol. The number of halogens is 1. The molecule has 2 aliphatic rings. The number of aromatic nitrogens is 1. The van der Waals surface area contributed by atoms with Crippen LogP contribution in [0.25, 0.3) is 0 Å². The van der Waals surface area contributed by atoms with Gasteiger partial charge in [-0.3, -0.25) is 9.59 Å².